The monoisotopic (exact) mass is 374 g/mol. The molecule has 4 nitrogen and oxygen atoms in total. The average Bonchev–Trinajstić information content (AvgIpc) is 2.36. The predicted octanol–water partition coefficient (Wildman–Crippen LogP) is 3.92. The molecule has 20 heavy (non-hydrogen) atoms. The van der Waals surface area contributed by atoms with E-state index >= 15 is 0 Å². The molecule has 1 aromatic carbocycles. The van der Waals surface area contributed by atoms with Gasteiger partial charge in [-0.25, -0.2) is 13.4 Å². The van der Waals surface area contributed by atoms with Crippen LogP contribution in [0, 0.1) is 13.8 Å². The number of nitrogens with zero attached hydrogens (tertiary/aromatic N) is 1. The molecular weight excluding hydrogens is 364 g/mol. The van der Waals surface area contributed by atoms with E-state index in [-0.39, 0.29) is 10.7 Å². The molecule has 2 aromatic rings. The van der Waals surface area contributed by atoms with Crippen molar-refractivity contribution in [1.29, 1.82) is 0 Å². The minimum Gasteiger partial charge on any atom is -0.262 e. The molecule has 0 aliphatic rings. The van der Waals surface area contributed by atoms with E-state index in [2.05, 4.69) is 25.6 Å². The summed E-state index contributed by atoms with van der Waals surface area (Å²) in [5.74, 6) is 0.243. The van der Waals surface area contributed by atoms with E-state index in [9.17, 15) is 8.42 Å². The second-order valence-corrected chi connectivity index (χ2v) is 7.30. The van der Waals surface area contributed by atoms with Crippen molar-refractivity contribution in [2.24, 2.45) is 0 Å². The van der Waals surface area contributed by atoms with Crippen molar-refractivity contribution in [2.45, 2.75) is 18.7 Å². The van der Waals surface area contributed by atoms with Crippen molar-refractivity contribution in [2.75, 3.05) is 4.72 Å². The Hall–Kier alpha value is -1.11. The summed E-state index contributed by atoms with van der Waals surface area (Å²) in [6.45, 7) is 3.68. The van der Waals surface area contributed by atoms with Gasteiger partial charge >= 0.3 is 0 Å². The molecule has 106 valence electrons. The topological polar surface area (TPSA) is 59.1 Å². The summed E-state index contributed by atoms with van der Waals surface area (Å²) in [5.41, 5.74) is 1.75. The largest absolute Gasteiger partial charge is 0.263 e. The number of hydrogen-bond donors (Lipinski definition) is 1. The lowest BCUT2D eigenvalue weighted by Crippen LogP contribution is -2.14. The van der Waals surface area contributed by atoms with Crippen molar-refractivity contribution >= 4 is 43.4 Å². The number of rotatable bonds is 3. The van der Waals surface area contributed by atoms with Crippen LogP contribution in [0.15, 0.2) is 39.8 Å². The molecule has 0 bridgehead atoms. The molecule has 0 atom stereocenters. The first kappa shape index (κ1) is 15.3. The van der Waals surface area contributed by atoms with E-state index in [0.29, 0.717) is 9.50 Å². The molecule has 0 saturated carbocycles. The van der Waals surface area contributed by atoms with E-state index < -0.39 is 10.0 Å². The number of aryl methyl sites for hydroxylation is 2. The summed E-state index contributed by atoms with van der Waals surface area (Å²) in [6.07, 6.45) is 1.59. The Balaban J connectivity index is 2.38. The van der Waals surface area contributed by atoms with E-state index in [0.717, 1.165) is 11.1 Å². The lowest BCUT2D eigenvalue weighted by atomic mass is 10.2. The first-order valence-electron chi connectivity index (χ1n) is 5.71. The van der Waals surface area contributed by atoms with Crippen molar-refractivity contribution in [3.05, 3.63) is 51.1 Å². The lowest BCUT2D eigenvalue weighted by Gasteiger charge is -2.10. The first-order chi connectivity index (χ1) is 9.29. The SMILES string of the molecule is Cc1cnc(NS(=O)(=O)c2ccc(C)c(Cl)c2)c(Br)c1. The van der Waals surface area contributed by atoms with Crippen LogP contribution in [-0.4, -0.2) is 13.4 Å². The van der Waals surface area contributed by atoms with Crippen LogP contribution in [0.1, 0.15) is 11.1 Å². The molecule has 0 saturated heterocycles. The fourth-order valence-corrected chi connectivity index (χ4v) is 3.53. The van der Waals surface area contributed by atoms with Crippen LogP contribution in [0.3, 0.4) is 0 Å². The Bertz CT molecular complexity index is 763. The van der Waals surface area contributed by atoms with Crippen LogP contribution in [0.25, 0.3) is 0 Å². The molecule has 2 rings (SSSR count). The third kappa shape index (κ3) is 3.31. The molecule has 1 N–H and O–H groups in total. The van der Waals surface area contributed by atoms with Crippen LogP contribution in [0.5, 0.6) is 0 Å². The van der Waals surface area contributed by atoms with Gasteiger partial charge in [0.1, 0.15) is 0 Å². The molecule has 0 aliphatic carbocycles. The van der Waals surface area contributed by atoms with E-state index in [1.165, 1.54) is 12.1 Å². The zero-order valence-corrected chi connectivity index (χ0v) is 14.0. The van der Waals surface area contributed by atoms with Crippen molar-refractivity contribution in [3.8, 4) is 0 Å². The number of sulfonamides is 1. The van der Waals surface area contributed by atoms with Gasteiger partial charge in [0.2, 0.25) is 0 Å². The fourth-order valence-electron chi connectivity index (χ4n) is 1.54. The second kappa shape index (κ2) is 5.71. The van der Waals surface area contributed by atoms with Gasteiger partial charge in [0.15, 0.2) is 5.82 Å². The van der Waals surface area contributed by atoms with Gasteiger partial charge in [-0.2, -0.15) is 0 Å². The van der Waals surface area contributed by atoms with Gasteiger partial charge < -0.3 is 0 Å². The highest BCUT2D eigenvalue weighted by atomic mass is 79.9. The lowest BCUT2D eigenvalue weighted by molar-refractivity contribution is 0.601. The highest BCUT2D eigenvalue weighted by Gasteiger charge is 2.17. The Labute approximate surface area is 131 Å². The summed E-state index contributed by atoms with van der Waals surface area (Å²) in [6, 6.07) is 6.37. The van der Waals surface area contributed by atoms with Crippen LogP contribution < -0.4 is 4.72 Å². The number of benzene rings is 1. The number of anilines is 1. The molecule has 1 heterocycles. The smallest absolute Gasteiger partial charge is 0.262 e. The van der Waals surface area contributed by atoms with Crippen molar-refractivity contribution in [1.82, 2.24) is 4.98 Å². The number of halogens is 2. The van der Waals surface area contributed by atoms with E-state index in [1.54, 1.807) is 18.3 Å². The minimum absolute atomic E-state index is 0.0994. The molecule has 0 amide bonds. The quantitative estimate of drug-likeness (QED) is 0.884. The Morgan fingerprint density at radius 2 is 1.95 bits per heavy atom. The third-order valence-corrected chi connectivity index (χ3v) is 5.01. The minimum atomic E-state index is -3.71. The third-order valence-electron chi connectivity index (χ3n) is 2.66. The molecule has 0 spiro atoms. The summed E-state index contributed by atoms with van der Waals surface area (Å²) in [4.78, 5) is 4.16. The molecule has 0 radical (unpaired) electrons. The first-order valence-corrected chi connectivity index (χ1v) is 8.36. The Kier molecular flexibility index (Phi) is 4.36. The van der Waals surface area contributed by atoms with Crippen LogP contribution in [0.2, 0.25) is 5.02 Å². The second-order valence-electron chi connectivity index (χ2n) is 4.36. The van der Waals surface area contributed by atoms with Crippen molar-refractivity contribution in [3.63, 3.8) is 0 Å². The zero-order chi connectivity index (χ0) is 14.9. The van der Waals surface area contributed by atoms with Crippen molar-refractivity contribution < 1.29 is 8.42 Å². The maximum atomic E-state index is 12.3. The van der Waals surface area contributed by atoms with Gasteiger partial charge in [0.05, 0.1) is 9.37 Å². The van der Waals surface area contributed by atoms with Gasteiger partial charge in [0, 0.05) is 11.2 Å². The van der Waals surface area contributed by atoms with E-state index in [1.807, 2.05) is 13.8 Å². The van der Waals surface area contributed by atoms with Crippen LogP contribution in [0.4, 0.5) is 5.82 Å². The maximum absolute atomic E-state index is 12.3. The molecule has 0 aliphatic heterocycles. The molecule has 7 heteroatoms. The van der Waals surface area contributed by atoms with Gasteiger partial charge in [-0.1, -0.05) is 17.7 Å². The predicted molar refractivity (Wildman–Crippen MR) is 83.7 cm³/mol. The number of pyridine rings is 1. The Morgan fingerprint density at radius 3 is 2.55 bits per heavy atom. The summed E-state index contributed by atoms with van der Waals surface area (Å²) in [7, 11) is -3.71. The molecular formula is C13H12BrClN2O2S. The summed E-state index contributed by atoms with van der Waals surface area (Å²) in [5, 5.41) is 0.406. The summed E-state index contributed by atoms with van der Waals surface area (Å²) >= 11 is 9.24. The van der Waals surface area contributed by atoms with Gasteiger partial charge in [-0.3, -0.25) is 4.72 Å². The normalized spacial score (nSPS) is 11.4. The molecule has 1 aromatic heterocycles. The highest BCUT2D eigenvalue weighted by Crippen LogP contribution is 2.25. The van der Waals surface area contributed by atoms with Crippen LogP contribution >= 0.6 is 27.5 Å². The average molecular weight is 376 g/mol. The fraction of sp³-hybridized carbons (Fsp3) is 0.154. The zero-order valence-electron chi connectivity index (χ0n) is 10.8. The molecule has 0 unspecified atom stereocenters. The standard InChI is InChI=1S/C13H12BrClN2O2S/c1-8-5-11(14)13(16-7-8)17-20(18,19)10-4-3-9(2)12(15)6-10/h3-7H,1-2H3,(H,16,17). The summed E-state index contributed by atoms with van der Waals surface area (Å²) < 4.78 is 27.6. The molecule has 0 fully saturated rings. The Morgan fingerprint density at radius 1 is 1.25 bits per heavy atom. The van der Waals surface area contributed by atoms with Crippen LogP contribution in [-0.2, 0) is 10.0 Å². The van der Waals surface area contributed by atoms with Gasteiger partial charge in [0.25, 0.3) is 10.0 Å². The van der Waals surface area contributed by atoms with E-state index in [4.69, 9.17) is 11.6 Å². The van der Waals surface area contributed by atoms with Gasteiger partial charge in [-0.15, -0.1) is 0 Å². The highest BCUT2D eigenvalue weighted by molar-refractivity contribution is 9.10. The number of nitrogens with one attached hydrogen (secondary N) is 1. The number of aromatic nitrogens is 1. The maximum Gasteiger partial charge on any atom is 0.263 e. The van der Waals surface area contributed by atoms with Gasteiger partial charge in [-0.05, 0) is 59.1 Å². The number of hydrogen-bond acceptors (Lipinski definition) is 3.